The fourth-order valence-corrected chi connectivity index (χ4v) is 3.43. The van der Waals surface area contributed by atoms with E-state index < -0.39 is 0 Å². The van der Waals surface area contributed by atoms with Crippen LogP contribution >= 0.6 is 0 Å². The molecule has 2 N–H and O–H groups in total. The molecule has 1 aromatic carbocycles. The summed E-state index contributed by atoms with van der Waals surface area (Å²) in [6, 6.07) is 6.62. The highest BCUT2D eigenvalue weighted by molar-refractivity contribution is 5.75. The van der Waals surface area contributed by atoms with E-state index in [9.17, 15) is 14.3 Å². The SMILES string of the molecule is O=C(NC1CCCN(c2cccc(F)c2)C1)N1CCC(CO)C1. The second-order valence-electron chi connectivity index (χ2n) is 6.50. The lowest BCUT2D eigenvalue weighted by atomic mass is 10.0. The lowest BCUT2D eigenvalue weighted by Crippen LogP contribution is -2.51. The number of piperidine rings is 1. The van der Waals surface area contributed by atoms with Gasteiger partial charge in [0.1, 0.15) is 5.82 Å². The third-order valence-electron chi connectivity index (χ3n) is 4.75. The summed E-state index contributed by atoms with van der Waals surface area (Å²) in [7, 11) is 0. The molecule has 2 amide bonds. The maximum absolute atomic E-state index is 13.4. The number of nitrogens with zero attached hydrogens (tertiary/aromatic N) is 2. The zero-order valence-corrected chi connectivity index (χ0v) is 13.2. The van der Waals surface area contributed by atoms with Gasteiger partial charge in [-0.3, -0.25) is 0 Å². The largest absolute Gasteiger partial charge is 0.396 e. The van der Waals surface area contributed by atoms with Gasteiger partial charge in [-0.25, -0.2) is 9.18 Å². The topological polar surface area (TPSA) is 55.8 Å². The number of carbonyl (C=O) groups is 1. The van der Waals surface area contributed by atoms with Gasteiger partial charge in [0.05, 0.1) is 0 Å². The molecule has 0 aromatic heterocycles. The van der Waals surface area contributed by atoms with Gasteiger partial charge in [0.15, 0.2) is 0 Å². The van der Waals surface area contributed by atoms with E-state index in [1.54, 1.807) is 11.0 Å². The second kappa shape index (κ2) is 7.17. The number of urea groups is 1. The van der Waals surface area contributed by atoms with Crippen LogP contribution in [-0.2, 0) is 0 Å². The van der Waals surface area contributed by atoms with Gasteiger partial charge in [-0.2, -0.15) is 0 Å². The van der Waals surface area contributed by atoms with Crippen molar-refractivity contribution in [2.75, 3.05) is 37.7 Å². The third kappa shape index (κ3) is 3.93. The molecule has 2 aliphatic rings. The van der Waals surface area contributed by atoms with E-state index in [0.717, 1.165) is 31.5 Å². The highest BCUT2D eigenvalue weighted by Gasteiger charge is 2.28. The summed E-state index contributed by atoms with van der Waals surface area (Å²) >= 11 is 0. The molecule has 2 atom stereocenters. The van der Waals surface area contributed by atoms with Crippen molar-refractivity contribution in [2.24, 2.45) is 5.92 Å². The van der Waals surface area contributed by atoms with Crippen LogP contribution in [0.25, 0.3) is 0 Å². The number of hydrogen-bond donors (Lipinski definition) is 2. The number of likely N-dealkylation sites (tertiary alicyclic amines) is 1. The quantitative estimate of drug-likeness (QED) is 0.893. The molecule has 3 rings (SSSR count). The van der Waals surface area contributed by atoms with Crippen LogP contribution in [0.2, 0.25) is 0 Å². The van der Waals surface area contributed by atoms with E-state index >= 15 is 0 Å². The minimum Gasteiger partial charge on any atom is -0.396 e. The van der Waals surface area contributed by atoms with Crippen LogP contribution < -0.4 is 10.2 Å². The first-order chi connectivity index (χ1) is 11.2. The van der Waals surface area contributed by atoms with E-state index in [2.05, 4.69) is 10.2 Å². The van der Waals surface area contributed by atoms with Crippen LogP contribution in [0.15, 0.2) is 24.3 Å². The molecular weight excluding hydrogens is 297 g/mol. The molecule has 0 bridgehead atoms. The molecule has 5 nitrogen and oxygen atoms in total. The number of halogens is 1. The molecule has 2 saturated heterocycles. The van der Waals surface area contributed by atoms with E-state index in [1.807, 2.05) is 6.07 Å². The number of nitrogens with one attached hydrogen (secondary N) is 1. The molecule has 2 unspecified atom stereocenters. The number of carbonyl (C=O) groups excluding carboxylic acids is 1. The molecule has 6 heteroatoms. The number of benzene rings is 1. The first-order valence-electron chi connectivity index (χ1n) is 8.32. The van der Waals surface area contributed by atoms with Gasteiger partial charge in [0, 0.05) is 50.4 Å². The number of aliphatic hydroxyl groups is 1. The zero-order chi connectivity index (χ0) is 16.2. The fourth-order valence-electron chi connectivity index (χ4n) is 3.43. The Bertz CT molecular complexity index is 554. The molecule has 23 heavy (non-hydrogen) atoms. The normalized spacial score (nSPS) is 24.8. The van der Waals surface area contributed by atoms with Crippen LogP contribution in [0.3, 0.4) is 0 Å². The fraction of sp³-hybridized carbons (Fsp3) is 0.588. The smallest absolute Gasteiger partial charge is 0.317 e. The van der Waals surface area contributed by atoms with Gasteiger partial charge in [0.25, 0.3) is 0 Å². The van der Waals surface area contributed by atoms with E-state index in [4.69, 9.17) is 0 Å². The maximum atomic E-state index is 13.4. The summed E-state index contributed by atoms with van der Waals surface area (Å²) in [5.74, 6) is -0.0309. The van der Waals surface area contributed by atoms with Crippen molar-refractivity contribution in [2.45, 2.75) is 25.3 Å². The highest BCUT2D eigenvalue weighted by atomic mass is 19.1. The Hall–Kier alpha value is -1.82. The standard InChI is InChI=1S/C17H24FN3O2/c18-14-3-1-5-16(9-14)20-7-2-4-15(11-20)19-17(23)21-8-6-13(10-21)12-22/h1,3,5,9,13,15,22H,2,4,6-8,10-12H2,(H,19,23). The first-order valence-corrected chi connectivity index (χ1v) is 8.32. The summed E-state index contributed by atoms with van der Waals surface area (Å²) in [4.78, 5) is 16.2. The Labute approximate surface area is 136 Å². The summed E-state index contributed by atoms with van der Waals surface area (Å²) in [6.45, 7) is 3.05. The molecule has 2 aliphatic heterocycles. The van der Waals surface area contributed by atoms with Crippen LogP contribution in [0.1, 0.15) is 19.3 Å². The molecule has 1 aromatic rings. The zero-order valence-electron chi connectivity index (χ0n) is 13.2. The van der Waals surface area contributed by atoms with Crippen molar-refractivity contribution < 1.29 is 14.3 Å². The maximum Gasteiger partial charge on any atom is 0.317 e. The summed E-state index contributed by atoms with van der Waals surface area (Å²) in [5.41, 5.74) is 0.866. The van der Waals surface area contributed by atoms with Crippen LogP contribution in [0.5, 0.6) is 0 Å². The number of anilines is 1. The van der Waals surface area contributed by atoms with Crippen LogP contribution in [-0.4, -0.2) is 54.9 Å². The second-order valence-corrected chi connectivity index (χ2v) is 6.50. The summed E-state index contributed by atoms with van der Waals surface area (Å²) < 4.78 is 13.4. The summed E-state index contributed by atoms with van der Waals surface area (Å²) in [6.07, 6.45) is 2.78. The van der Waals surface area contributed by atoms with E-state index in [1.165, 1.54) is 12.1 Å². The van der Waals surface area contributed by atoms with Crippen LogP contribution in [0.4, 0.5) is 14.9 Å². The molecule has 2 fully saturated rings. The molecule has 0 radical (unpaired) electrons. The Morgan fingerprint density at radius 1 is 1.30 bits per heavy atom. The van der Waals surface area contributed by atoms with Crippen molar-refractivity contribution >= 4 is 11.7 Å². The van der Waals surface area contributed by atoms with E-state index in [0.29, 0.717) is 19.6 Å². The number of aliphatic hydroxyl groups excluding tert-OH is 1. The Morgan fingerprint density at radius 2 is 2.17 bits per heavy atom. The number of amides is 2. The van der Waals surface area contributed by atoms with Crippen molar-refractivity contribution in [3.63, 3.8) is 0 Å². The summed E-state index contributed by atoms with van der Waals surface area (Å²) in [5, 5.41) is 12.3. The van der Waals surface area contributed by atoms with Gasteiger partial charge in [-0.05, 0) is 37.5 Å². The van der Waals surface area contributed by atoms with Crippen molar-refractivity contribution in [1.82, 2.24) is 10.2 Å². The molecule has 0 saturated carbocycles. The predicted octanol–water partition coefficient (Wildman–Crippen LogP) is 1.82. The minimum atomic E-state index is -0.235. The molecule has 126 valence electrons. The molecule has 0 aliphatic carbocycles. The van der Waals surface area contributed by atoms with Gasteiger partial charge >= 0.3 is 6.03 Å². The lowest BCUT2D eigenvalue weighted by Gasteiger charge is -2.35. The first kappa shape index (κ1) is 16.1. The number of hydrogen-bond acceptors (Lipinski definition) is 3. The van der Waals surface area contributed by atoms with Gasteiger partial charge in [-0.1, -0.05) is 6.07 Å². The number of rotatable bonds is 3. The van der Waals surface area contributed by atoms with Gasteiger partial charge < -0.3 is 20.2 Å². The third-order valence-corrected chi connectivity index (χ3v) is 4.75. The van der Waals surface area contributed by atoms with Gasteiger partial charge in [-0.15, -0.1) is 0 Å². The lowest BCUT2D eigenvalue weighted by molar-refractivity contribution is 0.193. The monoisotopic (exact) mass is 321 g/mol. The minimum absolute atomic E-state index is 0.0490. The highest BCUT2D eigenvalue weighted by Crippen LogP contribution is 2.21. The molecule has 2 heterocycles. The molecular formula is C17H24FN3O2. The van der Waals surface area contributed by atoms with Crippen molar-refractivity contribution in [3.05, 3.63) is 30.1 Å². The van der Waals surface area contributed by atoms with Crippen molar-refractivity contribution in [3.8, 4) is 0 Å². The average molecular weight is 321 g/mol. The van der Waals surface area contributed by atoms with E-state index in [-0.39, 0.29) is 30.4 Å². The van der Waals surface area contributed by atoms with Crippen molar-refractivity contribution in [1.29, 1.82) is 0 Å². The Morgan fingerprint density at radius 3 is 2.91 bits per heavy atom. The van der Waals surface area contributed by atoms with Crippen LogP contribution in [0, 0.1) is 11.7 Å². The predicted molar refractivity (Wildman–Crippen MR) is 86.9 cm³/mol. The Kier molecular flexibility index (Phi) is 5.00. The average Bonchev–Trinajstić information content (AvgIpc) is 3.04. The van der Waals surface area contributed by atoms with Gasteiger partial charge in [0.2, 0.25) is 0 Å². The molecule has 0 spiro atoms. The Balaban J connectivity index is 1.55.